The smallest absolute Gasteiger partial charge is 0.343 e. The molecule has 0 N–H and O–H groups in total. The van der Waals surface area contributed by atoms with Crippen molar-refractivity contribution in [3.8, 4) is 0 Å². The van der Waals surface area contributed by atoms with Crippen LogP contribution in [0.3, 0.4) is 0 Å². The fourth-order valence-electron chi connectivity index (χ4n) is 2.75. The second-order valence-corrected chi connectivity index (χ2v) is 5.76. The largest absolute Gasteiger partial charge is 0.422 e. The van der Waals surface area contributed by atoms with E-state index in [1.54, 1.807) is 36.2 Å². The van der Waals surface area contributed by atoms with Crippen LogP contribution in [0.1, 0.15) is 28.8 Å². The van der Waals surface area contributed by atoms with Crippen LogP contribution >= 0.6 is 0 Å². The maximum atomic E-state index is 12.5. The van der Waals surface area contributed by atoms with E-state index >= 15 is 0 Å². The van der Waals surface area contributed by atoms with Crippen molar-refractivity contribution in [2.45, 2.75) is 12.8 Å². The molecule has 2 aromatic carbocycles. The van der Waals surface area contributed by atoms with Crippen LogP contribution in [-0.4, -0.2) is 30.4 Å². The SMILES string of the molecule is CN1CCCC(=C(OC(=O)c2ccccc2)c2ccccc2)C1=O. The van der Waals surface area contributed by atoms with Crippen molar-refractivity contribution in [2.75, 3.05) is 13.6 Å². The molecule has 0 aliphatic carbocycles. The molecule has 24 heavy (non-hydrogen) atoms. The van der Waals surface area contributed by atoms with Crippen LogP contribution in [-0.2, 0) is 9.53 Å². The summed E-state index contributed by atoms with van der Waals surface area (Å²) in [6, 6.07) is 18.1. The average molecular weight is 321 g/mol. The Labute approximate surface area is 141 Å². The molecule has 0 unspecified atom stereocenters. The lowest BCUT2D eigenvalue weighted by atomic mass is 9.99. The lowest BCUT2D eigenvalue weighted by molar-refractivity contribution is -0.127. The summed E-state index contributed by atoms with van der Waals surface area (Å²) >= 11 is 0. The number of hydrogen-bond donors (Lipinski definition) is 0. The summed E-state index contributed by atoms with van der Waals surface area (Å²) in [6.45, 7) is 0.719. The van der Waals surface area contributed by atoms with Gasteiger partial charge in [-0.3, -0.25) is 4.79 Å². The third-order valence-electron chi connectivity index (χ3n) is 4.04. The molecule has 122 valence electrons. The van der Waals surface area contributed by atoms with Gasteiger partial charge in [-0.15, -0.1) is 0 Å². The average Bonchev–Trinajstić information content (AvgIpc) is 2.63. The van der Waals surface area contributed by atoms with E-state index in [0.29, 0.717) is 23.3 Å². The van der Waals surface area contributed by atoms with Crippen molar-refractivity contribution < 1.29 is 14.3 Å². The van der Waals surface area contributed by atoms with E-state index in [9.17, 15) is 9.59 Å². The molecule has 0 radical (unpaired) electrons. The van der Waals surface area contributed by atoms with Gasteiger partial charge in [0.05, 0.1) is 11.1 Å². The first-order valence-electron chi connectivity index (χ1n) is 7.98. The molecule has 2 aromatic rings. The predicted octanol–water partition coefficient (Wildman–Crippen LogP) is 3.51. The van der Waals surface area contributed by atoms with Crippen molar-refractivity contribution in [1.82, 2.24) is 4.90 Å². The summed E-state index contributed by atoms with van der Waals surface area (Å²) in [5, 5.41) is 0. The summed E-state index contributed by atoms with van der Waals surface area (Å²) < 4.78 is 5.67. The number of carbonyl (C=O) groups excluding carboxylic acids is 2. The van der Waals surface area contributed by atoms with E-state index in [4.69, 9.17) is 4.74 Å². The molecule has 1 fully saturated rings. The molecule has 0 atom stereocenters. The molecule has 1 aliphatic rings. The highest BCUT2D eigenvalue weighted by molar-refractivity contribution is 6.03. The number of likely N-dealkylation sites (N-methyl/N-ethyl adjacent to an activating group) is 1. The van der Waals surface area contributed by atoms with Crippen LogP contribution in [0.15, 0.2) is 66.2 Å². The zero-order valence-electron chi connectivity index (χ0n) is 13.6. The molecule has 1 aliphatic heterocycles. The van der Waals surface area contributed by atoms with Crippen molar-refractivity contribution in [1.29, 1.82) is 0 Å². The molecule has 0 spiro atoms. The number of carbonyl (C=O) groups is 2. The van der Waals surface area contributed by atoms with Gasteiger partial charge in [0.2, 0.25) is 0 Å². The minimum Gasteiger partial charge on any atom is -0.422 e. The zero-order chi connectivity index (χ0) is 16.9. The van der Waals surface area contributed by atoms with Crippen LogP contribution in [0.25, 0.3) is 5.76 Å². The maximum Gasteiger partial charge on any atom is 0.343 e. The Kier molecular flexibility index (Phi) is 4.75. The van der Waals surface area contributed by atoms with Gasteiger partial charge in [0, 0.05) is 19.2 Å². The fraction of sp³-hybridized carbons (Fsp3) is 0.200. The molecule has 1 amide bonds. The van der Waals surface area contributed by atoms with Crippen molar-refractivity contribution >= 4 is 17.6 Å². The van der Waals surface area contributed by atoms with Gasteiger partial charge in [0.25, 0.3) is 5.91 Å². The monoisotopic (exact) mass is 321 g/mol. The van der Waals surface area contributed by atoms with E-state index < -0.39 is 5.97 Å². The van der Waals surface area contributed by atoms with E-state index in [1.165, 1.54) is 0 Å². The Morgan fingerprint density at radius 2 is 1.54 bits per heavy atom. The number of amides is 1. The first-order valence-corrected chi connectivity index (χ1v) is 7.98. The highest BCUT2D eigenvalue weighted by atomic mass is 16.5. The third-order valence-corrected chi connectivity index (χ3v) is 4.04. The quantitative estimate of drug-likeness (QED) is 0.494. The normalized spacial score (nSPS) is 16.7. The highest BCUT2D eigenvalue weighted by Crippen LogP contribution is 2.28. The Hall–Kier alpha value is -2.88. The van der Waals surface area contributed by atoms with Gasteiger partial charge < -0.3 is 9.64 Å². The van der Waals surface area contributed by atoms with Crippen LogP contribution in [0.5, 0.6) is 0 Å². The Bertz CT molecular complexity index is 766. The minimum atomic E-state index is -0.456. The molecule has 1 saturated heterocycles. The van der Waals surface area contributed by atoms with Gasteiger partial charge in [0.15, 0.2) is 0 Å². The van der Waals surface area contributed by atoms with Gasteiger partial charge in [-0.2, -0.15) is 0 Å². The van der Waals surface area contributed by atoms with Crippen LogP contribution < -0.4 is 0 Å². The third kappa shape index (κ3) is 3.38. The van der Waals surface area contributed by atoms with Gasteiger partial charge in [-0.25, -0.2) is 4.79 Å². The number of likely N-dealkylation sites (tertiary alicyclic amines) is 1. The van der Waals surface area contributed by atoms with E-state index in [1.807, 2.05) is 36.4 Å². The molecule has 4 heteroatoms. The molecule has 3 rings (SSSR count). The van der Waals surface area contributed by atoms with E-state index in [-0.39, 0.29) is 5.91 Å². The van der Waals surface area contributed by atoms with Gasteiger partial charge >= 0.3 is 5.97 Å². The molecule has 0 bridgehead atoms. The van der Waals surface area contributed by atoms with Gasteiger partial charge in [-0.05, 0) is 25.0 Å². The molecular formula is C20H19NO3. The maximum absolute atomic E-state index is 12.5. The standard InChI is InChI=1S/C20H19NO3/c1-21-14-8-13-17(19(21)22)18(15-9-4-2-5-10-15)24-20(23)16-11-6-3-7-12-16/h2-7,9-12H,8,13-14H2,1H3. The first-order chi connectivity index (χ1) is 11.7. The number of rotatable bonds is 3. The molecule has 0 saturated carbocycles. The van der Waals surface area contributed by atoms with Crippen LogP contribution in [0.2, 0.25) is 0 Å². The number of nitrogens with zero attached hydrogens (tertiary/aromatic N) is 1. The molecule has 1 heterocycles. The van der Waals surface area contributed by atoms with Crippen molar-refractivity contribution in [3.63, 3.8) is 0 Å². The van der Waals surface area contributed by atoms with Crippen molar-refractivity contribution in [3.05, 3.63) is 77.4 Å². The zero-order valence-corrected chi connectivity index (χ0v) is 13.6. The lowest BCUT2D eigenvalue weighted by Crippen LogP contribution is -2.34. The lowest BCUT2D eigenvalue weighted by Gasteiger charge is -2.26. The molecule has 0 aromatic heterocycles. The number of esters is 1. The van der Waals surface area contributed by atoms with Crippen LogP contribution in [0.4, 0.5) is 0 Å². The first kappa shape index (κ1) is 16.0. The van der Waals surface area contributed by atoms with Crippen LogP contribution in [0, 0.1) is 0 Å². The Balaban J connectivity index is 2.00. The minimum absolute atomic E-state index is 0.0824. The predicted molar refractivity (Wildman–Crippen MR) is 92.1 cm³/mol. The Morgan fingerprint density at radius 3 is 2.17 bits per heavy atom. The highest BCUT2D eigenvalue weighted by Gasteiger charge is 2.26. The van der Waals surface area contributed by atoms with Gasteiger partial charge in [-0.1, -0.05) is 48.5 Å². The number of benzene rings is 2. The number of hydrogen-bond acceptors (Lipinski definition) is 3. The van der Waals surface area contributed by atoms with Gasteiger partial charge in [0.1, 0.15) is 5.76 Å². The Morgan fingerprint density at radius 1 is 0.958 bits per heavy atom. The number of piperidine rings is 1. The molecule has 4 nitrogen and oxygen atoms in total. The summed E-state index contributed by atoms with van der Waals surface area (Å²) in [7, 11) is 1.77. The van der Waals surface area contributed by atoms with E-state index in [0.717, 1.165) is 18.5 Å². The second kappa shape index (κ2) is 7.13. The van der Waals surface area contributed by atoms with Crippen molar-refractivity contribution in [2.24, 2.45) is 0 Å². The summed E-state index contributed by atoms with van der Waals surface area (Å²) in [4.78, 5) is 26.7. The second-order valence-electron chi connectivity index (χ2n) is 5.76. The number of ether oxygens (including phenoxy) is 1. The summed E-state index contributed by atoms with van der Waals surface area (Å²) in [6.07, 6.45) is 1.46. The topological polar surface area (TPSA) is 46.6 Å². The summed E-state index contributed by atoms with van der Waals surface area (Å²) in [5.74, 6) is -0.176. The summed E-state index contributed by atoms with van der Waals surface area (Å²) in [5.41, 5.74) is 1.75. The molecular weight excluding hydrogens is 302 g/mol. The fourth-order valence-corrected chi connectivity index (χ4v) is 2.75. The van der Waals surface area contributed by atoms with E-state index in [2.05, 4.69) is 0 Å².